The Labute approximate surface area is 61.0 Å². The fourth-order valence-corrected chi connectivity index (χ4v) is 0.958. The van der Waals surface area contributed by atoms with E-state index >= 15 is 0 Å². The molecule has 1 fully saturated rings. The van der Waals surface area contributed by atoms with Crippen LogP contribution in [0.15, 0.2) is 0 Å². The Morgan fingerprint density at radius 2 is 2.50 bits per heavy atom. The predicted octanol–water partition coefficient (Wildman–Crippen LogP) is 0.392. The first-order valence-corrected chi connectivity index (χ1v) is 3.48. The number of nitrogens with one attached hydrogen (secondary N) is 1. The van der Waals surface area contributed by atoms with E-state index in [-0.39, 0.29) is 5.91 Å². The fourth-order valence-electron chi connectivity index (χ4n) is 0.958. The second-order valence-electron chi connectivity index (χ2n) is 2.83. The lowest BCUT2D eigenvalue weighted by Crippen LogP contribution is -2.23. The zero-order valence-corrected chi connectivity index (χ0v) is 6.05. The van der Waals surface area contributed by atoms with E-state index in [1.807, 2.05) is 5.92 Å². The molecule has 1 N–H and O–H groups in total. The van der Waals surface area contributed by atoms with E-state index in [1.54, 1.807) is 0 Å². The minimum atomic E-state index is -0.292. The van der Waals surface area contributed by atoms with Gasteiger partial charge < -0.3 is 5.32 Å². The molecule has 0 heterocycles. The topological polar surface area (TPSA) is 29.1 Å². The molecule has 0 aliphatic heterocycles. The normalized spacial score (nSPS) is 28.8. The van der Waals surface area contributed by atoms with Gasteiger partial charge in [0.1, 0.15) is 0 Å². The Morgan fingerprint density at radius 1 is 1.90 bits per heavy atom. The SMILES string of the molecule is C#CC(=O)NCC1CC1C. The van der Waals surface area contributed by atoms with Gasteiger partial charge in [0.05, 0.1) is 0 Å². The summed E-state index contributed by atoms with van der Waals surface area (Å²) < 4.78 is 0. The highest BCUT2D eigenvalue weighted by molar-refractivity contribution is 5.92. The van der Waals surface area contributed by atoms with Gasteiger partial charge in [0.25, 0.3) is 5.91 Å². The molecule has 2 heteroatoms. The van der Waals surface area contributed by atoms with Crippen molar-refractivity contribution in [1.82, 2.24) is 5.32 Å². The maximum Gasteiger partial charge on any atom is 0.295 e. The van der Waals surface area contributed by atoms with Crippen molar-refractivity contribution in [1.29, 1.82) is 0 Å². The minimum absolute atomic E-state index is 0.292. The monoisotopic (exact) mass is 137 g/mol. The summed E-state index contributed by atoms with van der Waals surface area (Å²) in [5.41, 5.74) is 0. The highest BCUT2D eigenvalue weighted by atomic mass is 16.1. The minimum Gasteiger partial charge on any atom is -0.345 e. The van der Waals surface area contributed by atoms with Crippen LogP contribution >= 0.6 is 0 Å². The zero-order valence-electron chi connectivity index (χ0n) is 6.05. The molecule has 10 heavy (non-hydrogen) atoms. The molecule has 1 saturated carbocycles. The predicted molar refractivity (Wildman–Crippen MR) is 39.1 cm³/mol. The van der Waals surface area contributed by atoms with Crippen molar-refractivity contribution < 1.29 is 4.79 Å². The van der Waals surface area contributed by atoms with Crippen LogP contribution in [0.3, 0.4) is 0 Å². The van der Waals surface area contributed by atoms with Crippen molar-refractivity contribution in [2.24, 2.45) is 11.8 Å². The van der Waals surface area contributed by atoms with E-state index in [1.165, 1.54) is 6.42 Å². The van der Waals surface area contributed by atoms with Gasteiger partial charge in [-0.3, -0.25) is 4.79 Å². The van der Waals surface area contributed by atoms with Gasteiger partial charge in [-0.25, -0.2) is 0 Å². The number of hydrogen-bond donors (Lipinski definition) is 1. The average molecular weight is 137 g/mol. The van der Waals surface area contributed by atoms with Crippen LogP contribution < -0.4 is 5.32 Å². The molecule has 2 unspecified atom stereocenters. The summed E-state index contributed by atoms with van der Waals surface area (Å²) >= 11 is 0. The molecule has 1 aliphatic carbocycles. The molecule has 0 bridgehead atoms. The third kappa shape index (κ3) is 1.77. The maximum absolute atomic E-state index is 10.5. The van der Waals surface area contributed by atoms with E-state index in [0.29, 0.717) is 5.92 Å². The summed E-state index contributed by atoms with van der Waals surface area (Å²) in [6.45, 7) is 2.93. The van der Waals surface area contributed by atoms with Gasteiger partial charge in [-0.1, -0.05) is 6.92 Å². The van der Waals surface area contributed by atoms with Gasteiger partial charge >= 0.3 is 0 Å². The first-order valence-electron chi connectivity index (χ1n) is 3.48. The van der Waals surface area contributed by atoms with Crippen molar-refractivity contribution in [2.45, 2.75) is 13.3 Å². The van der Waals surface area contributed by atoms with Gasteiger partial charge in [-0.15, -0.1) is 6.42 Å². The van der Waals surface area contributed by atoms with Crippen molar-refractivity contribution in [2.75, 3.05) is 6.54 Å². The van der Waals surface area contributed by atoms with Gasteiger partial charge in [0, 0.05) is 6.54 Å². The van der Waals surface area contributed by atoms with Crippen molar-refractivity contribution >= 4 is 5.91 Å². The van der Waals surface area contributed by atoms with Crippen LogP contribution in [0, 0.1) is 24.2 Å². The molecule has 0 aromatic heterocycles. The lowest BCUT2D eigenvalue weighted by Gasteiger charge is -1.96. The molecule has 0 aromatic rings. The highest BCUT2D eigenvalue weighted by Crippen LogP contribution is 2.36. The molecular formula is C8H11NO. The zero-order chi connectivity index (χ0) is 7.56. The molecule has 1 rings (SSSR count). The van der Waals surface area contributed by atoms with E-state index in [2.05, 4.69) is 12.2 Å². The number of hydrogen-bond acceptors (Lipinski definition) is 1. The molecular weight excluding hydrogens is 126 g/mol. The first kappa shape index (κ1) is 7.14. The van der Waals surface area contributed by atoms with Crippen LogP contribution in [-0.4, -0.2) is 12.5 Å². The van der Waals surface area contributed by atoms with Crippen LogP contribution in [0.4, 0.5) is 0 Å². The largest absolute Gasteiger partial charge is 0.345 e. The second kappa shape index (κ2) is 2.74. The molecule has 54 valence electrons. The summed E-state index contributed by atoms with van der Waals surface area (Å²) in [6.07, 6.45) is 6.08. The number of rotatable bonds is 2. The van der Waals surface area contributed by atoms with E-state index < -0.39 is 0 Å². The van der Waals surface area contributed by atoms with Crippen molar-refractivity contribution in [3.05, 3.63) is 0 Å². The van der Waals surface area contributed by atoms with E-state index in [9.17, 15) is 4.79 Å². The van der Waals surface area contributed by atoms with E-state index in [4.69, 9.17) is 6.42 Å². The van der Waals surface area contributed by atoms with Crippen LogP contribution in [0.1, 0.15) is 13.3 Å². The maximum atomic E-state index is 10.5. The lowest BCUT2D eigenvalue weighted by molar-refractivity contribution is -0.115. The number of terminal acetylenes is 1. The van der Waals surface area contributed by atoms with Crippen LogP contribution in [0.25, 0.3) is 0 Å². The Balaban J connectivity index is 2.07. The van der Waals surface area contributed by atoms with Gasteiger partial charge in [-0.05, 0) is 24.2 Å². The van der Waals surface area contributed by atoms with Gasteiger partial charge in [0.15, 0.2) is 0 Å². The van der Waals surface area contributed by atoms with E-state index in [0.717, 1.165) is 12.5 Å². The van der Waals surface area contributed by atoms with Crippen molar-refractivity contribution in [3.63, 3.8) is 0 Å². The van der Waals surface area contributed by atoms with Crippen LogP contribution in [0.5, 0.6) is 0 Å². The first-order chi connectivity index (χ1) is 4.74. The molecule has 0 spiro atoms. The lowest BCUT2D eigenvalue weighted by atomic mass is 10.3. The van der Waals surface area contributed by atoms with Crippen LogP contribution in [0.2, 0.25) is 0 Å². The van der Waals surface area contributed by atoms with Gasteiger partial charge in [0.2, 0.25) is 0 Å². The standard InChI is InChI=1S/C8H11NO/c1-3-8(10)9-5-7-4-6(7)2/h1,6-7H,4-5H2,2H3,(H,9,10). The van der Waals surface area contributed by atoms with Crippen LogP contribution in [-0.2, 0) is 4.79 Å². The molecule has 1 amide bonds. The highest BCUT2D eigenvalue weighted by Gasteiger charge is 2.32. The Kier molecular flexibility index (Phi) is 1.96. The Hall–Kier alpha value is -0.970. The molecule has 0 aromatic carbocycles. The summed E-state index contributed by atoms with van der Waals surface area (Å²) in [7, 11) is 0. The molecule has 2 atom stereocenters. The van der Waals surface area contributed by atoms with Gasteiger partial charge in [-0.2, -0.15) is 0 Å². The molecule has 0 saturated heterocycles. The third-order valence-electron chi connectivity index (χ3n) is 1.93. The summed E-state index contributed by atoms with van der Waals surface area (Å²) in [5.74, 6) is 3.17. The summed E-state index contributed by atoms with van der Waals surface area (Å²) in [5, 5.41) is 2.65. The summed E-state index contributed by atoms with van der Waals surface area (Å²) in [6, 6.07) is 0. The quantitative estimate of drug-likeness (QED) is 0.548. The molecule has 1 aliphatic rings. The third-order valence-corrected chi connectivity index (χ3v) is 1.93. The number of carbonyl (C=O) groups is 1. The Bertz CT molecular complexity index is 180. The second-order valence-corrected chi connectivity index (χ2v) is 2.83. The molecule has 0 radical (unpaired) electrons. The Morgan fingerprint density at radius 3 is 2.90 bits per heavy atom. The number of carbonyl (C=O) groups excluding carboxylic acids is 1. The molecule has 2 nitrogen and oxygen atoms in total. The summed E-state index contributed by atoms with van der Waals surface area (Å²) in [4.78, 5) is 10.5. The smallest absolute Gasteiger partial charge is 0.295 e. The number of amides is 1. The fraction of sp³-hybridized carbons (Fsp3) is 0.625. The van der Waals surface area contributed by atoms with Crippen molar-refractivity contribution in [3.8, 4) is 12.3 Å². The average Bonchev–Trinajstić information content (AvgIpc) is 2.61.